The van der Waals surface area contributed by atoms with Crippen molar-refractivity contribution in [3.8, 4) is 0 Å². The summed E-state index contributed by atoms with van der Waals surface area (Å²) < 4.78 is 11.4. The van der Waals surface area contributed by atoms with Crippen molar-refractivity contribution >= 4 is 0 Å². The van der Waals surface area contributed by atoms with Crippen molar-refractivity contribution in [3.05, 3.63) is 11.6 Å². The largest absolute Gasteiger partial charge is 0.381 e. The Hall–Kier alpha value is -0.340. The monoisotopic (exact) mass is 430 g/mol. The van der Waals surface area contributed by atoms with Crippen LogP contribution >= 0.6 is 0 Å². The topological polar surface area (TPSA) is 18.5 Å². The van der Waals surface area contributed by atoms with Crippen LogP contribution in [-0.4, -0.2) is 25.9 Å². The lowest BCUT2D eigenvalue weighted by Gasteiger charge is -2.58. The van der Waals surface area contributed by atoms with Crippen LogP contribution in [0.2, 0.25) is 0 Å². The summed E-state index contributed by atoms with van der Waals surface area (Å²) in [6.45, 7) is 12.4. The van der Waals surface area contributed by atoms with E-state index in [9.17, 15) is 0 Å². The molecule has 4 aliphatic rings. The van der Waals surface area contributed by atoms with Crippen molar-refractivity contribution in [3.63, 3.8) is 0 Å². The Morgan fingerprint density at radius 2 is 1.84 bits per heavy atom. The molecule has 0 aromatic heterocycles. The van der Waals surface area contributed by atoms with Crippen LogP contribution in [0.5, 0.6) is 0 Å². The average molecular weight is 431 g/mol. The molecule has 3 fully saturated rings. The Bertz CT molecular complexity index is 666. The molecule has 2 nitrogen and oxygen atoms in total. The van der Waals surface area contributed by atoms with Crippen LogP contribution in [0.25, 0.3) is 0 Å². The maximum atomic E-state index is 5.76. The number of methoxy groups -OCH3 is 2. The van der Waals surface area contributed by atoms with E-state index in [1.807, 2.05) is 14.2 Å². The lowest BCUT2D eigenvalue weighted by atomic mass is 9.47. The highest BCUT2D eigenvalue weighted by Crippen LogP contribution is 2.67. The highest BCUT2D eigenvalue weighted by molar-refractivity contribution is 5.25. The van der Waals surface area contributed by atoms with Gasteiger partial charge in [-0.1, -0.05) is 45.3 Å². The van der Waals surface area contributed by atoms with Gasteiger partial charge in [-0.2, -0.15) is 0 Å². The molecule has 178 valence electrons. The number of allylic oxidation sites excluding steroid dienone is 1. The fourth-order valence-corrected chi connectivity index (χ4v) is 8.96. The molecule has 0 bridgehead atoms. The molecule has 0 radical (unpaired) electrons. The van der Waals surface area contributed by atoms with Gasteiger partial charge in [0.2, 0.25) is 0 Å². The first-order valence-electron chi connectivity index (χ1n) is 13.4. The molecular formula is C29H50O2. The van der Waals surface area contributed by atoms with Gasteiger partial charge < -0.3 is 9.47 Å². The third-order valence-electron chi connectivity index (χ3n) is 11.1. The first-order valence-corrected chi connectivity index (χ1v) is 13.4. The highest BCUT2D eigenvalue weighted by atomic mass is 16.5. The zero-order chi connectivity index (χ0) is 22.4. The maximum absolute atomic E-state index is 5.76. The van der Waals surface area contributed by atoms with Gasteiger partial charge in [0, 0.05) is 14.2 Å². The van der Waals surface area contributed by atoms with Crippen LogP contribution < -0.4 is 0 Å². The predicted octanol–water partition coefficient (Wildman–Crippen LogP) is 7.81. The van der Waals surface area contributed by atoms with Crippen LogP contribution in [-0.2, 0) is 9.47 Å². The first-order chi connectivity index (χ1) is 14.6. The maximum Gasteiger partial charge on any atom is 0.0622 e. The van der Waals surface area contributed by atoms with Crippen LogP contribution in [0.3, 0.4) is 0 Å². The van der Waals surface area contributed by atoms with Crippen molar-refractivity contribution in [2.24, 2.45) is 40.4 Å². The second-order valence-corrected chi connectivity index (χ2v) is 12.9. The number of fused-ring (bicyclic) bond motifs is 5. The summed E-state index contributed by atoms with van der Waals surface area (Å²) in [5.41, 5.74) is 2.81. The van der Waals surface area contributed by atoms with Crippen molar-refractivity contribution in [2.45, 2.75) is 117 Å². The molecule has 0 aliphatic heterocycles. The van der Waals surface area contributed by atoms with E-state index in [4.69, 9.17) is 9.47 Å². The van der Waals surface area contributed by atoms with Gasteiger partial charge in [-0.05, 0) is 112 Å². The summed E-state index contributed by atoms with van der Waals surface area (Å²) in [6, 6.07) is 0. The van der Waals surface area contributed by atoms with Crippen LogP contribution in [0.4, 0.5) is 0 Å². The summed E-state index contributed by atoms with van der Waals surface area (Å²) >= 11 is 0. The van der Waals surface area contributed by atoms with Crippen molar-refractivity contribution in [1.82, 2.24) is 0 Å². The van der Waals surface area contributed by atoms with Gasteiger partial charge >= 0.3 is 0 Å². The molecule has 0 unspecified atom stereocenters. The molecule has 0 amide bonds. The molecule has 0 heterocycles. The smallest absolute Gasteiger partial charge is 0.0622 e. The SMILES string of the molecule is CO[C@H]1CC[C@@]2(C)C(=CC[C@H]3[C@@H]4CC[C@H]([C@H](C)CCCC(C)(C)OC)[C@@]4(C)CC[C@@H]32)C1. The van der Waals surface area contributed by atoms with E-state index < -0.39 is 0 Å². The Balaban J connectivity index is 1.44. The second kappa shape index (κ2) is 8.79. The van der Waals surface area contributed by atoms with Gasteiger partial charge in [0.05, 0.1) is 11.7 Å². The molecule has 2 heteroatoms. The summed E-state index contributed by atoms with van der Waals surface area (Å²) in [6.07, 6.45) is 18.0. The molecule has 31 heavy (non-hydrogen) atoms. The predicted molar refractivity (Wildman–Crippen MR) is 130 cm³/mol. The van der Waals surface area contributed by atoms with E-state index in [2.05, 4.69) is 40.7 Å². The molecule has 0 N–H and O–H groups in total. The van der Waals surface area contributed by atoms with E-state index in [0.29, 0.717) is 16.9 Å². The Kier molecular flexibility index (Phi) is 6.75. The van der Waals surface area contributed by atoms with E-state index in [-0.39, 0.29) is 5.60 Å². The minimum Gasteiger partial charge on any atom is -0.381 e. The van der Waals surface area contributed by atoms with Crippen LogP contribution in [0.1, 0.15) is 105 Å². The fourth-order valence-electron chi connectivity index (χ4n) is 8.96. The Morgan fingerprint density at radius 1 is 1.06 bits per heavy atom. The van der Waals surface area contributed by atoms with Gasteiger partial charge in [0.25, 0.3) is 0 Å². The molecule has 0 aromatic carbocycles. The molecule has 4 rings (SSSR count). The first kappa shape index (κ1) is 23.8. The van der Waals surface area contributed by atoms with Gasteiger partial charge in [0.15, 0.2) is 0 Å². The highest BCUT2D eigenvalue weighted by Gasteiger charge is 2.59. The minimum atomic E-state index is 0.0310. The number of hydrogen-bond acceptors (Lipinski definition) is 2. The van der Waals surface area contributed by atoms with Crippen molar-refractivity contribution in [1.29, 1.82) is 0 Å². The van der Waals surface area contributed by atoms with Crippen LogP contribution in [0, 0.1) is 40.4 Å². The summed E-state index contributed by atoms with van der Waals surface area (Å²) in [5, 5.41) is 0. The third-order valence-corrected chi connectivity index (χ3v) is 11.1. The van der Waals surface area contributed by atoms with Gasteiger partial charge in [-0.3, -0.25) is 0 Å². The van der Waals surface area contributed by atoms with Gasteiger partial charge in [-0.25, -0.2) is 0 Å². The minimum absolute atomic E-state index is 0.0310. The van der Waals surface area contributed by atoms with Gasteiger partial charge in [0.1, 0.15) is 0 Å². The van der Waals surface area contributed by atoms with Gasteiger partial charge in [-0.15, -0.1) is 0 Å². The quantitative estimate of drug-likeness (QED) is 0.383. The molecule has 3 saturated carbocycles. The normalized spacial score (nSPS) is 43.6. The molecule has 0 aromatic rings. The summed E-state index contributed by atoms with van der Waals surface area (Å²) in [7, 11) is 3.76. The number of rotatable bonds is 7. The lowest BCUT2D eigenvalue weighted by Crippen LogP contribution is -2.50. The Labute approximate surface area is 192 Å². The molecule has 0 spiro atoms. The van der Waals surface area contributed by atoms with E-state index in [1.165, 1.54) is 70.6 Å². The molecule has 4 aliphatic carbocycles. The van der Waals surface area contributed by atoms with E-state index >= 15 is 0 Å². The van der Waals surface area contributed by atoms with Crippen LogP contribution in [0.15, 0.2) is 11.6 Å². The standard InChI is InChI=1S/C29H50O2/c1-20(9-8-16-27(2,3)31-7)24-12-13-25-23-11-10-21-19-22(30-6)14-17-28(21,4)26(23)15-18-29(24,25)5/h10,20,22-26H,8-9,11-19H2,1-7H3/t20-,22+,23+,24-,25+,26+,28+,29-/m1/s1. The number of hydrogen-bond donors (Lipinski definition) is 0. The van der Waals surface area contributed by atoms with E-state index in [1.54, 1.807) is 5.57 Å². The summed E-state index contributed by atoms with van der Waals surface area (Å²) in [4.78, 5) is 0. The lowest BCUT2D eigenvalue weighted by molar-refractivity contribution is -0.0605. The third kappa shape index (κ3) is 4.18. The van der Waals surface area contributed by atoms with E-state index in [0.717, 1.165) is 29.6 Å². The average Bonchev–Trinajstić information content (AvgIpc) is 3.10. The summed E-state index contributed by atoms with van der Waals surface area (Å²) in [5.74, 6) is 4.56. The van der Waals surface area contributed by atoms with Crippen molar-refractivity contribution in [2.75, 3.05) is 14.2 Å². The second-order valence-electron chi connectivity index (χ2n) is 12.9. The fraction of sp³-hybridized carbons (Fsp3) is 0.931. The molecule has 8 atom stereocenters. The molecule has 0 saturated heterocycles. The number of ether oxygens (including phenoxy) is 2. The Morgan fingerprint density at radius 3 is 2.55 bits per heavy atom. The van der Waals surface area contributed by atoms with Crippen molar-refractivity contribution < 1.29 is 9.47 Å². The molecular weight excluding hydrogens is 380 g/mol. The zero-order valence-electron chi connectivity index (χ0n) is 21.6. The zero-order valence-corrected chi connectivity index (χ0v) is 21.6.